The van der Waals surface area contributed by atoms with Crippen molar-refractivity contribution in [3.63, 3.8) is 0 Å². The van der Waals surface area contributed by atoms with Crippen LogP contribution in [0.2, 0.25) is 0 Å². The molecule has 2 rings (SSSR count). The van der Waals surface area contributed by atoms with Crippen LogP contribution in [-0.4, -0.2) is 18.8 Å². The second-order valence-electron chi connectivity index (χ2n) is 5.60. The molecule has 1 heterocycles. The van der Waals surface area contributed by atoms with Crippen LogP contribution in [0.3, 0.4) is 0 Å². The van der Waals surface area contributed by atoms with Gasteiger partial charge in [0, 0.05) is 17.5 Å². The second-order valence-corrected chi connectivity index (χ2v) is 6.63. The lowest BCUT2D eigenvalue weighted by atomic mass is 9.81. The van der Waals surface area contributed by atoms with Gasteiger partial charge in [0.25, 0.3) is 0 Å². The van der Waals surface area contributed by atoms with Gasteiger partial charge in [-0.05, 0) is 50.0 Å². The molecule has 1 saturated carbocycles. The van der Waals surface area contributed by atoms with Crippen molar-refractivity contribution in [2.45, 2.75) is 64.0 Å². The molecule has 0 bridgehead atoms. The Morgan fingerprint density at radius 1 is 1.37 bits per heavy atom. The lowest BCUT2D eigenvalue weighted by Gasteiger charge is -2.34. The third-order valence-corrected chi connectivity index (χ3v) is 5.14. The van der Waals surface area contributed by atoms with E-state index in [-0.39, 0.29) is 12.1 Å². The van der Waals surface area contributed by atoms with Crippen LogP contribution >= 0.6 is 11.3 Å². The maximum absolute atomic E-state index is 6.43. The zero-order chi connectivity index (χ0) is 13.5. The molecule has 0 radical (unpaired) electrons. The van der Waals surface area contributed by atoms with Crippen LogP contribution in [0.4, 0.5) is 0 Å². The lowest BCUT2D eigenvalue weighted by Crippen LogP contribution is -2.43. The van der Waals surface area contributed by atoms with Gasteiger partial charge in [0.05, 0.1) is 6.10 Å². The van der Waals surface area contributed by atoms with E-state index in [1.54, 1.807) is 0 Å². The molecule has 0 aliphatic heterocycles. The Hall–Kier alpha value is -0.380. The molecule has 1 fully saturated rings. The first-order chi connectivity index (χ1) is 9.31. The lowest BCUT2D eigenvalue weighted by molar-refractivity contribution is -0.0107. The molecule has 1 aliphatic rings. The summed E-state index contributed by atoms with van der Waals surface area (Å²) in [4.78, 5) is 1.44. The van der Waals surface area contributed by atoms with Gasteiger partial charge < -0.3 is 10.5 Å². The number of aryl methyl sites for hydroxylation is 1. The maximum Gasteiger partial charge on any atom is 0.0753 e. The van der Waals surface area contributed by atoms with Crippen LogP contribution in [0.5, 0.6) is 0 Å². The molecule has 2 nitrogen and oxygen atoms in total. The molecule has 0 spiro atoms. The Labute approximate surface area is 121 Å². The first-order valence-corrected chi connectivity index (χ1v) is 8.58. The average molecular weight is 281 g/mol. The smallest absolute Gasteiger partial charge is 0.0753 e. The fourth-order valence-corrected chi connectivity index (χ4v) is 3.92. The molecule has 1 aromatic rings. The zero-order valence-corrected chi connectivity index (χ0v) is 12.8. The molecule has 0 aromatic carbocycles. The summed E-state index contributed by atoms with van der Waals surface area (Å²) in [5, 5.41) is 2.14. The van der Waals surface area contributed by atoms with Gasteiger partial charge in [-0.2, -0.15) is 0 Å². The molecular weight excluding hydrogens is 254 g/mol. The van der Waals surface area contributed by atoms with Crippen molar-refractivity contribution in [3.8, 4) is 0 Å². The SMILES string of the molecule is CCOC(C(N)CCc1cccs1)C1CCCCC1. The summed E-state index contributed by atoms with van der Waals surface area (Å²) in [6.45, 7) is 2.87. The van der Waals surface area contributed by atoms with E-state index in [2.05, 4.69) is 24.4 Å². The summed E-state index contributed by atoms with van der Waals surface area (Å²) in [7, 11) is 0. The summed E-state index contributed by atoms with van der Waals surface area (Å²) in [5.74, 6) is 0.687. The van der Waals surface area contributed by atoms with Crippen molar-refractivity contribution in [2.75, 3.05) is 6.61 Å². The molecule has 1 aliphatic carbocycles. The topological polar surface area (TPSA) is 35.2 Å². The Bertz CT molecular complexity index is 333. The van der Waals surface area contributed by atoms with Gasteiger partial charge in [-0.25, -0.2) is 0 Å². The van der Waals surface area contributed by atoms with Crippen molar-refractivity contribution < 1.29 is 4.74 Å². The highest BCUT2D eigenvalue weighted by Gasteiger charge is 2.28. The summed E-state index contributed by atoms with van der Waals surface area (Å²) in [5.41, 5.74) is 6.43. The minimum Gasteiger partial charge on any atom is -0.377 e. The number of thiophene rings is 1. The van der Waals surface area contributed by atoms with Crippen LogP contribution in [-0.2, 0) is 11.2 Å². The largest absolute Gasteiger partial charge is 0.377 e. The van der Waals surface area contributed by atoms with Gasteiger partial charge >= 0.3 is 0 Å². The molecule has 0 amide bonds. The van der Waals surface area contributed by atoms with Crippen molar-refractivity contribution in [1.29, 1.82) is 0 Å². The van der Waals surface area contributed by atoms with E-state index < -0.39 is 0 Å². The Balaban J connectivity index is 1.85. The Morgan fingerprint density at radius 3 is 2.79 bits per heavy atom. The van der Waals surface area contributed by atoms with Crippen LogP contribution < -0.4 is 5.73 Å². The maximum atomic E-state index is 6.43. The summed E-state index contributed by atoms with van der Waals surface area (Å²) >= 11 is 1.83. The number of nitrogens with two attached hydrogens (primary N) is 1. The third kappa shape index (κ3) is 4.59. The van der Waals surface area contributed by atoms with E-state index in [1.165, 1.54) is 37.0 Å². The van der Waals surface area contributed by atoms with E-state index in [0.29, 0.717) is 5.92 Å². The van der Waals surface area contributed by atoms with Crippen molar-refractivity contribution in [2.24, 2.45) is 11.7 Å². The van der Waals surface area contributed by atoms with Crippen molar-refractivity contribution in [3.05, 3.63) is 22.4 Å². The minimum atomic E-state index is 0.185. The van der Waals surface area contributed by atoms with Gasteiger partial charge in [0.15, 0.2) is 0 Å². The van der Waals surface area contributed by atoms with E-state index in [4.69, 9.17) is 10.5 Å². The predicted octanol–water partition coefficient (Wildman–Crippen LogP) is 3.99. The second kappa shape index (κ2) is 8.03. The molecule has 2 N–H and O–H groups in total. The predicted molar refractivity (Wildman–Crippen MR) is 82.6 cm³/mol. The average Bonchev–Trinajstić information content (AvgIpc) is 2.96. The molecule has 2 atom stereocenters. The summed E-state index contributed by atoms with van der Waals surface area (Å²) in [6, 6.07) is 4.51. The van der Waals surface area contributed by atoms with Gasteiger partial charge in [-0.15, -0.1) is 11.3 Å². The van der Waals surface area contributed by atoms with Crippen LogP contribution in [0.25, 0.3) is 0 Å². The van der Waals surface area contributed by atoms with Gasteiger partial charge in [0.1, 0.15) is 0 Å². The van der Waals surface area contributed by atoms with Gasteiger partial charge in [-0.3, -0.25) is 0 Å². The fourth-order valence-electron chi connectivity index (χ4n) is 3.19. The molecule has 108 valence electrons. The highest BCUT2D eigenvalue weighted by atomic mass is 32.1. The van der Waals surface area contributed by atoms with E-state index in [9.17, 15) is 0 Å². The molecule has 0 saturated heterocycles. The fraction of sp³-hybridized carbons (Fsp3) is 0.750. The van der Waals surface area contributed by atoms with Crippen LogP contribution in [0, 0.1) is 5.92 Å². The van der Waals surface area contributed by atoms with E-state index in [0.717, 1.165) is 19.4 Å². The van der Waals surface area contributed by atoms with E-state index >= 15 is 0 Å². The van der Waals surface area contributed by atoms with E-state index in [1.807, 2.05) is 11.3 Å². The Morgan fingerprint density at radius 2 is 2.16 bits per heavy atom. The first-order valence-electron chi connectivity index (χ1n) is 7.70. The summed E-state index contributed by atoms with van der Waals surface area (Å²) in [6.07, 6.45) is 9.11. The number of hydrogen-bond acceptors (Lipinski definition) is 3. The van der Waals surface area contributed by atoms with Gasteiger partial charge in [0.2, 0.25) is 0 Å². The number of rotatable bonds is 7. The van der Waals surface area contributed by atoms with Crippen molar-refractivity contribution >= 4 is 11.3 Å². The normalized spacial score (nSPS) is 20.3. The highest BCUT2D eigenvalue weighted by molar-refractivity contribution is 7.09. The summed E-state index contributed by atoms with van der Waals surface area (Å²) < 4.78 is 5.99. The van der Waals surface area contributed by atoms with Crippen molar-refractivity contribution in [1.82, 2.24) is 0 Å². The van der Waals surface area contributed by atoms with Crippen LogP contribution in [0.1, 0.15) is 50.3 Å². The monoisotopic (exact) mass is 281 g/mol. The zero-order valence-electron chi connectivity index (χ0n) is 12.0. The molecule has 19 heavy (non-hydrogen) atoms. The minimum absolute atomic E-state index is 0.185. The molecular formula is C16H27NOS. The molecule has 1 aromatic heterocycles. The highest BCUT2D eigenvalue weighted by Crippen LogP contribution is 2.30. The molecule has 2 unspecified atom stereocenters. The third-order valence-electron chi connectivity index (χ3n) is 4.20. The Kier molecular flexibility index (Phi) is 6.35. The quantitative estimate of drug-likeness (QED) is 0.820. The number of hydrogen-bond donors (Lipinski definition) is 1. The molecule has 3 heteroatoms. The standard InChI is InChI=1S/C16H27NOS/c1-2-18-16(13-7-4-3-5-8-13)15(17)11-10-14-9-6-12-19-14/h6,9,12-13,15-16H,2-5,7-8,10-11,17H2,1H3. The van der Waals surface area contributed by atoms with Crippen LogP contribution in [0.15, 0.2) is 17.5 Å². The first kappa shape index (κ1) is 15.0. The van der Waals surface area contributed by atoms with Gasteiger partial charge in [-0.1, -0.05) is 25.3 Å². The number of ether oxygens (including phenoxy) is 1.